The zero-order chi connectivity index (χ0) is 20.1. The van der Waals surface area contributed by atoms with Crippen LogP contribution >= 0.6 is 0 Å². The Hall–Kier alpha value is -3.35. The molecule has 150 valence electrons. The molecule has 2 heterocycles. The fourth-order valence-electron chi connectivity index (χ4n) is 3.66. The van der Waals surface area contributed by atoms with E-state index in [2.05, 4.69) is 10.2 Å². The van der Waals surface area contributed by atoms with Gasteiger partial charge in [0.25, 0.3) is 5.91 Å². The minimum atomic E-state index is -0.113. The summed E-state index contributed by atoms with van der Waals surface area (Å²) in [6, 6.07) is 17.1. The second kappa shape index (κ2) is 8.77. The number of benzene rings is 2. The lowest BCUT2D eigenvalue weighted by Crippen LogP contribution is -2.42. The van der Waals surface area contributed by atoms with Crippen molar-refractivity contribution >= 4 is 5.91 Å². The summed E-state index contributed by atoms with van der Waals surface area (Å²) in [5.74, 6) is 2.13. The summed E-state index contributed by atoms with van der Waals surface area (Å²) in [6.07, 6.45) is 4.59. The molecule has 0 radical (unpaired) electrons. The van der Waals surface area contributed by atoms with Gasteiger partial charge in [-0.25, -0.2) is 0 Å². The summed E-state index contributed by atoms with van der Waals surface area (Å²) in [4.78, 5) is 14.8. The molecule has 1 unspecified atom stereocenters. The highest BCUT2D eigenvalue weighted by atomic mass is 16.5. The van der Waals surface area contributed by atoms with Gasteiger partial charge in [-0.3, -0.25) is 9.36 Å². The van der Waals surface area contributed by atoms with Gasteiger partial charge in [-0.15, -0.1) is 10.2 Å². The minimum absolute atomic E-state index is 0.0116. The molecular weight excluding hydrogens is 368 g/mol. The van der Waals surface area contributed by atoms with Crippen molar-refractivity contribution in [2.75, 3.05) is 20.3 Å². The first-order valence-electron chi connectivity index (χ1n) is 9.78. The number of hydrogen-bond acceptors (Lipinski definition) is 5. The van der Waals surface area contributed by atoms with Crippen molar-refractivity contribution in [1.29, 1.82) is 0 Å². The third-order valence-electron chi connectivity index (χ3n) is 5.15. The molecule has 1 fully saturated rings. The number of likely N-dealkylation sites (tertiary alicyclic amines) is 1. The monoisotopic (exact) mass is 392 g/mol. The summed E-state index contributed by atoms with van der Waals surface area (Å²) in [7, 11) is 1.62. The van der Waals surface area contributed by atoms with Crippen molar-refractivity contribution in [1.82, 2.24) is 19.7 Å². The number of aromatic nitrogens is 3. The fourth-order valence-corrected chi connectivity index (χ4v) is 3.66. The van der Waals surface area contributed by atoms with Crippen LogP contribution in [-0.2, 0) is 4.79 Å². The third-order valence-corrected chi connectivity index (χ3v) is 5.15. The average Bonchev–Trinajstić information content (AvgIpc) is 3.28. The molecule has 0 spiro atoms. The van der Waals surface area contributed by atoms with Gasteiger partial charge < -0.3 is 14.4 Å². The summed E-state index contributed by atoms with van der Waals surface area (Å²) < 4.78 is 12.8. The number of methoxy groups -OCH3 is 1. The van der Waals surface area contributed by atoms with Gasteiger partial charge in [0.05, 0.1) is 13.2 Å². The molecule has 2 aromatic carbocycles. The zero-order valence-corrected chi connectivity index (χ0v) is 16.4. The first kappa shape index (κ1) is 19.0. The number of hydrogen-bond donors (Lipinski definition) is 0. The standard InChI is InChI=1S/C22H24N4O3/c1-28-18-10-12-19(13-11-18)29-15-21(27)25-14-6-5-9-20(25)22-24-23-16-26(22)17-7-3-2-4-8-17/h2-4,7-8,10-13,16,20H,5-6,9,14-15H2,1H3. The summed E-state index contributed by atoms with van der Waals surface area (Å²) in [5, 5.41) is 8.46. The third kappa shape index (κ3) is 4.23. The van der Waals surface area contributed by atoms with Crippen LogP contribution in [0.15, 0.2) is 60.9 Å². The minimum Gasteiger partial charge on any atom is -0.497 e. The molecule has 29 heavy (non-hydrogen) atoms. The van der Waals surface area contributed by atoms with E-state index in [9.17, 15) is 4.79 Å². The predicted octanol–water partition coefficient (Wildman–Crippen LogP) is 3.41. The maximum absolute atomic E-state index is 13.0. The largest absolute Gasteiger partial charge is 0.497 e. The first-order valence-corrected chi connectivity index (χ1v) is 9.78. The number of piperidine rings is 1. The van der Waals surface area contributed by atoms with Crippen molar-refractivity contribution < 1.29 is 14.3 Å². The van der Waals surface area contributed by atoms with Crippen molar-refractivity contribution in [3.05, 3.63) is 66.7 Å². The van der Waals surface area contributed by atoms with E-state index in [1.807, 2.05) is 51.9 Å². The molecular formula is C22H24N4O3. The molecule has 0 N–H and O–H groups in total. The van der Waals surface area contributed by atoms with E-state index in [4.69, 9.17) is 9.47 Å². The summed E-state index contributed by atoms with van der Waals surface area (Å²) in [5.41, 5.74) is 0.986. The highest BCUT2D eigenvalue weighted by molar-refractivity contribution is 5.78. The van der Waals surface area contributed by atoms with Crippen LogP contribution in [0, 0.1) is 0 Å². The first-order chi connectivity index (χ1) is 14.3. The highest BCUT2D eigenvalue weighted by Crippen LogP contribution is 2.31. The molecule has 4 rings (SSSR count). The highest BCUT2D eigenvalue weighted by Gasteiger charge is 2.31. The second-order valence-corrected chi connectivity index (χ2v) is 6.96. The zero-order valence-electron chi connectivity index (χ0n) is 16.4. The van der Waals surface area contributed by atoms with E-state index < -0.39 is 0 Å². The normalized spacial score (nSPS) is 16.4. The lowest BCUT2D eigenvalue weighted by molar-refractivity contribution is -0.137. The number of amides is 1. The van der Waals surface area contributed by atoms with Crippen LogP contribution in [-0.4, -0.2) is 45.8 Å². The fraction of sp³-hybridized carbons (Fsp3) is 0.318. The Morgan fingerprint density at radius 2 is 1.83 bits per heavy atom. The van der Waals surface area contributed by atoms with Crippen LogP contribution < -0.4 is 9.47 Å². The SMILES string of the molecule is COc1ccc(OCC(=O)N2CCCCC2c2nncn2-c2ccccc2)cc1. The Bertz CT molecular complexity index is 940. The Morgan fingerprint density at radius 3 is 2.59 bits per heavy atom. The van der Waals surface area contributed by atoms with Gasteiger partial charge in [-0.2, -0.15) is 0 Å². The number of ether oxygens (including phenoxy) is 2. The molecule has 7 nitrogen and oxygen atoms in total. The van der Waals surface area contributed by atoms with E-state index in [0.717, 1.165) is 36.5 Å². The van der Waals surface area contributed by atoms with Crippen molar-refractivity contribution in [2.45, 2.75) is 25.3 Å². The molecule has 0 bridgehead atoms. The Kier molecular flexibility index (Phi) is 5.74. The molecule has 0 aliphatic carbocycles. The maximum atomic E-state index is 13.0. The molecule has 1 atom stereocenters. The quantitative estimate of drug-likeness (QED) is 0.643. The second-order valence-electron chi connectivity index (χ2n) is 6.96. The number of carbonyl (C=O) groups excluding carboxylic acids is 1. The van der Waals surface area contributed by atoms with Crippen LogP contribution in [0.25, 0.3) is 5.69 Å². The molecule has 0 saturated carbocycles. The maximum Gasteiger partial charge on any atom is 0.261 e. The van der Waals surface area contributed by atoms with Crippen molar-refractivity contribution in [2.24, 2.45) is 0 Å². The van der Waals surface area contributed by atoms with E-state index in [0.29, 0.717) is 12.3 Å². The van der Waals surface area contributed by atoms with Gasteiger partial charge in [0, 0.05) is 12.2 Å². The van der Waals surface area contributed by atoms with Crippen molar-refractivity contribution in [3.63, 3.8) is 0 Å². The van der Waals surface area contributed by atoms with Gasteiger partial charge in [0.1, 0.15) is 17.8 Å². The van der Waals surface area contributed by atoms with E-state index in [1.165, 1.54) is 0 Å². The van der Waals surface area contributed by atoms with E-state index >= 15 is 0 Å². The van der Waals surface area contributed by atoms with Gasteiger partial charge >= 0.3 is 0 Å². The lowest BCUT2D eigenvalue weighted by atomic mass is 10.0. The van der Waals surface area contributed by atoms with Crippen molar-refractivity contribution in [3.8, 4) is 17.2 Å². The van der Waals surface area contributed by atoms with Crippen LogP contribution in [0.2, 0.25) is 0 Å². The van der Waals surface area contributed by atoms with Gasteiger partial charge in [0.2, 0.25) is 0 Å². The number of nitrogens with zero attached hydrogens (tertiary/aromatic N) is 4. The predicted molar refractivity (Wildman–Crippen MR) is 108 cm³/mol. The smallest absolute Gasteiger partial charge is 0.261 e. The van der Waals surface area contributed by atoms with Crippen LogP contribution in [0.4, 0.5) is 0 Å². The van der Waals surface area contributed by atoms with Crippen LogP contribution in [0.1, 0.15) is 31.1 Å². The van der Waals surface area contributed by atoms with Crippen LogP contribution in [0.5, 0.6) is 11.5 Å². The van der Waals surface area contributed by atoms with E-state index in [-0.39, 0.29) is 18.6 Å². The van der Waals surface area contributed by atoms with Crippen LogP contribution in [0.3, 0.4) is 0 Å². The number of para-hydroxylation sites is 1. The van der Waals surface area contributed by atoms with Gasteiger partial charge in [0.15, 0.2) is 12.4 Å². The Morgan fingerprint density at radius 1 is 1.07 bits per heavy atom. The average molecular weight is 392 g/mol. The molecule has 7 heteroatoms. The number of carbonyl (C=O) groups is 1. The Balaban J connectivity index is 1.49. The molecule has 1 aliphatic rings. The molecule has 1 amide bonds. The van der Waals surface area contributed by atoms with Gasteiger partial charge in [-0.1, -0.05) is 18.2 Å². The molecule has 3 aromatic rings. The van der Waals surface area contributed by atoms with E-state index in [1.54, 1.807) is 25.6 Å². The Labute approximate surface area is 169 Å². The number of rotatable bonds is 6. The topological polar surface area (TPSA) is 69.5 Å². The van der Waals surface area contributed by atoms with Gasteiger partial charge in [-0.05, 0) is 55.7 Å². The molecule has 1 aromatic heterocycles. The summed E-state index contributed by atoms with van der Waals surface area (Å²) >= 11 is 0. The lowest BCUT2D eigenvalue weighted by Gasteiger charge is -2.35. The summed E-state index contributed by atoms with van der Waals surface area (Å²) in [6.45, 7) is 0.680. The molecule has 1 aliphatic heterocycles. The molecule has 1 saturated heterocycles.